The first-order valence-electron chi connectivity index (χ1n) is 7.95. The molecule has 0 aliphatic carbocycles. The van der Waals surface area contributed by atoms with Gasteiger partial charge in [0, 0.05) is 12.8 Å². The first kappa shape index (κ1) is 19.9. The second-order valence-corrected chi connectivity index (χ2v) is 5.54. The van der Waals surface area contributed by atoms with E-state index in [1.807, 2.05) is 20.8 Å². The van der Waals surface area contributed by atoms with Crippen molar-refractivity contribution >= 4 is 11.9 Å². The van der Waals surface area contributed by atoms with Crippen LogP contribution in [0.2, 0.25) is 0 Å². The summed E-state index contributed by atoms with van der Waals surface area (Å²) in [5.41, 5.74) is -0.691. The molecule has 1 N–H and O–H groups in total. The highest BCUT2D eigenvalue weighted by Gasteiger charge is 2.31. The molecule has 5 heteroatoms. The number of unbranched alkanes of at least 4 members (excludes halogenated alkanes) is 2. The molecule has 0 rings (SSSR count). The maximum Gasteiger partial charge on any atom is 0.305 e. The van der Waals surface area contributed by atoms with E-state index in [4.69, 9.17) is 9.47 Å². The van der Waals surface area contributed by atoms with Gasteiger partial charge in [-0.15, -0.1) is 0 Å². The molecular weight excluding hydrogens is 272 g/mol. The number of carbonyl (C=O) groups excluding carboxylic acids is 2. The molecule has 0 spiro atoms. The summed E-state index contributed by atoms with van der Waals surface area (Å²) in [5.74, 6) is -0.527. The quantitative estimate of drug-likeness (QED) is 0.561. The van der Waals surface area contributed by atoms with Gasteiger partial charge in [0.15, 0.2) is 0 Å². The van der Waals surface area contributed by atoms with Crippen LogP contribution in [0.4, 0.5) is 0 Å². The van der Waals surface area contributed by atoms with Crippen LogP contribution < -0.4 is 0 Å². The van der Waals surface area contributed by atoms with E-state index >= 15 is 0 Å². The summed E-state index contributed by atoms with van der Waals surface area (Å²) >= 11 is 0. The molecule has 5 nitrogen and oxygen atoms in total. The predicted molar refractivity (Wildman–Crippen MR) is 80.8 cm³/mol. The number of carbonyl (C=O) groups is 2. The highest BCUT2D eigenvalue weighted by Crippen LogP contribution is 2.23. The molecule has 0 saturated heterocycles. The molecule has 0 amide bonds. The molecule has 0 saturated carbocycles. The number of rotatable bonds is 12. The first-order chi connectivity index (χ1) is 10.0. The largest absolute Gasteiger partial charge is 0.465 e. The molecule has 0 fully saturated rings. The molecule has 0 atom stereocenters. The minimum atomic E-state index is -0.691. The van der Waals surface area contributed by atoms with Crippen molar-refractivity contribution in [3.05, 3.63) is 0 Å². The Morgan fingerprint density at radius 1 is 0.905 bits per heavy atom. The smallest absolute Gasteiger partial charge is 0.305 e. The molecule has 0 aliphatic rings. The highest BCUT2D eigenvalue weighted by molar-refractivity contribution is 5.69. The lowest BCUT2D eigenvalue weighted by atomic mass is 9.88. The maximum atomic E-state index is 11.5. The summed E-state index contributed by atoms with van der Waals surface area (Å²) in [7, 11) is 0. The van der Waals surface area contributed by atoms with Gasteiger partial charge in [-0.25, -0.2) is 0 Å². The summed E-state index contributed by atoms with van der Waals surface area (Å²) in [4.78, 5) is 23.1. The fraction of sp³-hybridized carbons (Fsp3) is 0.875. The standard InChI is InChI=1S/C16H30O5/c1-4-7-9-14(18)20-12-16(6-3,11-17)13-21-15(19)10-8-5-2/h17H,4-13H2,1-3H3. The summed E-state index contributed by atoms with van der Waals surface area (Å²) in [5, 5.41) is 9.57. The molecule has 0 aromatic heterocycles. The zero-order valence-electron chi connectivity index (χ0n) is 13.7. The molecule has 0 aromatic carbocycles. The van der Waals surface area contributed by atoms with Crippen molar-refractivity contribution in [2.75, 3.05) is 19.8 Å². The zero-order valence-corrected chi connectivity index (χ0v) is 13.7. The molecule has 0 aliphatic heterocycles. The van der Waals surface area contributed by atoms with Crippen LogP contribution in [0.3, 0.4) is 0 Å². The average Bonchev–Trinajstić information content (AvgIpc) is 2.51. The number of aliphatic hydroxyl groups is 1. The van der Waals surface area contributed by atoms with E-state index in [-0.39, 0.29) is 31.8 Å². The molecular formula is C16H30O5. The van der Waals surface area contributed by atoms with Crippen LogP contribution in [0.15, 0.2) is 0 Å². The molecule has 0 aromatic rings. The molecule has 0 bridgehead atoms. The van der Waals surface area contributed by atoms with Crippen LogP contribution in [-0.2, 0) is 19.1 Å². The Balaban J connectivity index is 4.28. The maximum absolute atomic E-state index is 11.5. The second-order valence-electron chi connectivity index (χ2n) is 5.54. The van der Waals surface area contributed by atoms with Crippen LogP contribution >= 0.6 is 0 Å². The fourth-order valence-electron chi connectivity index (χ4n) is 1.70. The van der Waals surface area contributed by atoms with Crippen LogP contribution in [0, 0.1) is 5.41 Å². The summed E-state index contributed by atoms with van der Waals surface area (Å²) < 4.78 is 10.4. The fourth-order valence-corrected chi connectivity index (χ4v) is 1.70. The Morgan fingerprint density at radius 2 is 1.33 bits per heavy atom. The van der Waals surface area contributed by atoms with Crippen molar-refractivity contribution in [1.29, 1.82) is 0 Å². The summed E-state index contributed by atoms with van der Waals surface area (Å²) in [6.07, 6.45) is 4.81. The van der Waals surface area contributed by atoms with Gasteiger partial charge in [0.1, 0.15) is 13.2 Å². The zero-order chi connectivity index (χ0) is 16.1. The number of esters is 2. The van der Waals surface area contributed by atoms with E-state index in [0.717, 1.165) is 25.7 Å². The topological polar surface area (TPSA) is 72.8 Å². The Labute approximate surface area is 128 Å². The molecule has 0 heterocycles. The third-order valence-electron chi connectivity index (χ3n) is 3.63. The highest BCUT2D eigenvalue weighted by atomic mass is 16.5. The van der Waals surface area contributed by atoms with E-state index in [0.29, 0.717) is 19.3 Å². The monoisotopic (exact) mass is 302 g/mol. The predicted octanol–water partition coefficient (Wildman–Crippen LogP) is 2.84. The summed E-state index contributed by atoms with van der Waals surface area (Å²) in [6.45, 7) is 5.90. The third kappa shape index (κ3) is 8.71. The van der Waals surface area contributed by atoms with Gasteiger partial charge in [-0.2, -0.15) is 0 Å². The minimum Gasteiger partial charge on any atom is -0.465 e. The first-order valence-corrected chi connectivity index (χ1v) is 7.95. The van der Waals surface area contributed by atoms with Crippen molar-refractivity contribution < 1.29 is 24.2 Å². The van der Waals surface area contributed by atoms with Gasteiger partial charge in [0.05, 0.1) is 12.0 Å². The molecule has 0 radical (unpaired) electrons. The van der Waals surface area contributed by atoms with Crippen LogP contribution in [0.1, 0.15) is 65.7 Å². The molecule has 124 valence electrons. The Hall–Kier alpha value is -1.10. The second kappa shape index (κ2) is 11.5. The van der Waals surface area contributed by atoms with Crippen molar-refractivity contribution in [3.63, 3.8) is 0 Å². The van der Waals surface area contributed by atoms with Crippen LogP contribution in [0.5, 0.6) is 0 Å². The normalized spacial score (nSPS) is 11.2. The van der Waals surface area contributed by atoms with E-state index in [9.17, 15) is 14.7 Å². The van der Waals surface area contributed by atoms with Crippen molar-refractivity contribution in [2.45, 2.75) is 65.7 Å². The van der Waals surface area contributed by atoms with Gasteiger partial charge in [-0.3, -0.25) is 9.59 Å². The lowest BCUT2D eigenvalue weighted by Gasteiger charge is -2.29. The van der Waals surface area contributed by atoms with Crippen LogP contribution in [-0.4, -0.2) is 36.9 Å². The average molecular weight is 302 g/mol. The number of hydrogen-bond donors (Lipinski definition) is 1. The van der Waals surface area contributed by atoms with Crippen molar-refractivity contribution in [2.24, 2.45) is 5.41 Å². The SMILES string of the molecule is CCCCC(=O)OCC(CC)(CO)COC(=O)CCCC. The Bertz CT molecular complexity index is 271. The lowest BCUT2D eigenvalue weighted by molar-refractivity contribution is -0.156. The minimum absolute atomic E-state index is 0.0869. The van der Waals surface area contributed by atoms with Crippen molar-refractivity contribution in [1.82, 2.24) is 0 Å². The Morgan fingerprint density at radius 3 is 1.62 bits per heavy atom. The lowest BCUT2D eigenvalue weighted by Crippen LogP contribution is -2.37. The van der Waals surface area contributed by atoms with Gasteiger partial charge in [0.25, 0.3) is 0 Å². The van der Waals surface area contributed by atoms with Gasteiger partial charge in [-0.1, -0.05) is 33.6 Å². The number of ether oxygens (including phenoxy) is 2. The van der Waals surface area contributed by atoms with Gasteiger partial charge >= 0.3 is 11.9 Å². The number of aliphatic hydroxyl groups excluding tert-OH is 1. The number of hydrogen-bond acceptors (Lipinski definition) is 5. The molecule has 21 heavy (non-hydrogen) atoms. The Kier molecular flexibility index (Phi) is 10.9. The van der Waals surface area contributed by atoms with Crippen LogP contribution in [0.25, 0.3) is 0 Å². The van der Waals surface area contributed by atoms with E-state index in [1.165, 1.54) is 0 Å². The van der Waals surface area contributed by atoms with E-state index < -0.39 is 5.41 Å². The van der Waals surface area contributed by atoms with E-state index in [1.54, 1.807) is 0 Å². The van der Waals surface area contributed by atoms with Gasteiger partial charge in [-0.05, 0) is 19.3 Å². The van der Waals surface area contributed by atoms with Crippen molar-refractivity contribution in [3.8, 4) is 0 Å². The molecule has 0 unspecified atom stereocenters. The third-order valence-corrected chi connectivity index (χ3v) is 3.63. The van der Waals surface area contributed by atoms with Gasteiger partial charge in [0.2, 0.25) is 0 Å². The van der Waals surface area contributed by atoms with Gasteiger partial charge < -0.3 is 14.6 Å². The summed E-state index contributed by atoms with van der Waals surface area (Å²) in [6, 6.07) is 0. The van der Waals surface area contributed by atoms with E-state index in [2.05, 4.69) is 0 Å².